The zero-order valence-electron chi connectivity index (χ0n) is 8.91. The van der Waals surface area contributed by atoms with Crippen molar-refractivity contribution in [3.05, 3.63) is 29.6 Å². The summed E-state index contributed by atoms with van der Waals surface area (Å²) in [5.41, 5.74) is 6.79. The molecule has 0 saturated carbocycles. The highest BCUT2D eigenvalue weighted by Crippen LogP contribution is 2.22. The summed E-state index contributed by atoms with van der Waals surface area (Å²) in [4.78, 5) is 1.91. The van der Waals surface area contributed by atoms with Crippen molar-refractivity contribution >= 4 is 5.69 Å². The molecule has 15 heavy (non-hydrogen) atoms. The molecular weight excluding hydrogens is 195 g/mol. The molecule has 0 amide bonds. The van der Waals surface area contributed by atoms with E-state index in [2.05, 4.69) is 0 Å². The second-order valence-corrected chi connectivity index (χ2v) is 3.24. The molecule has 3 N–H and O–H groups in total. The number of aliphatic hydroxyl groups excluding tert-OH is 1. The van der Waals surface area contributed by atoms with Crippen molar-refractivity contribution in [3.8, 4) is 0 Å². The van der Waals surface area contributed by atoms with Crippen LogP contribution in [0.15, 0.2) is 18.2 Å². The van der Waals surface area contributed by atoms with Gasteiger partial charge in [-0.25, -0.2) is 4.39 Å². The molecule has 0 fully saturated rings. The molecule has 0 unspecified atom stereocenters. The van der Waals surface area contributed by atoms with Crippen LogP contribution < -0.4 is 10.6 Å². The predicted octanol–water partition coefficient (Wildman–Crippen LogP) is 1.10. The highest BCUT2D eigenvalue weighted by atomic mass is 19.1. The number of hydrogen-bond donors (Lipinski definition) is 2. The van der Waals surface area contributed by atoms with E-state index in [0.29, 0.717) is 12.1 Å². The van der Waals surface area contributed by atoms with Gasteiger partial charge in [0.15, 0.2) is 0 Å². The summed E-state index contributed by atoms with van der Waals surface area (Å²) in [5, 5.41) is 8.90. The van der Waals surface area contributed by atoms with Crippen molar-refractivity contribution in [3.63, 3.8) is 0 Å². The first-order valence-electron chi connectivity index (χ1n) is 5.07. The van der Waals surface area contributed by atoms with Crippen molar-refractivity contribution in [2.24, 2.45) is 5.73 Å². The molecule has 1 aromatic carbocycles. The van der Waals surface area contributed by atoms with Crippen molar-refractivity contribution < 1.29 is 9.50 Å². The third-order valence-corrected chi connectivity index (χ3v) is 2.39. The van der Waals surface area contributed by atoms with Crippen LogP contribution in [0.5, 0.6) is 0 Å². The minimum atomic E-state index is -0.286. The van der Waals surface area contributed by atoms with E-state index < -0.39 is 0 Å². The smallest absolute Gasteiger partial charge is 0.129 e. The van der Waals surface area contributed by atoms with Crippen molar-refractivity contribution in [1.82, 2.24) is 0 Å². The lowest BCUT2D eigenvalue weighted by Crippen LogP contribution is -2.28. The van der Waals surface area contributed by atoms with Gasteiger partial charge in [-0.3, -0.25) is 0 Å². The average molecular weight is 212 g/mol. The molecule has 0 radical (unpaired) electrons. The number of nitrogens with two attached hydrogens (primary N) is 1. The maximum atomic E-state index is 13.4. The number of nitrogens with zero attached hydrogens (tertiary/aromatic N) is 1. The SMILES string of the molecule is CCN(CCO)c1cccc(F)c1CN. The van der Waals surface area contributed by atoms with Crippen molar-refractivity contribution in [2.75, 3.05) is 24.6 Å². The predicted molar refractivity (Wildman–Crippen MR) is 59.3 cm³/mol. The zero-order valence-corrected chi connectivity index (χ0v) is 8.91. The number of likely N-dealkylation sites (N-methyl/N-ethyl adjacent to an activating group) is 1. The number of anilines is 1. The van der Waals surface area contributed by atoms with Gasteiger partial charge in [0, 0.05) is 30.9 Å². The molecule has 0 aliphatic heterocycles. The third-order valence-electron chi connectivity index (χ3n) is 2.39. The van der Waals surface area contributed by atoms with E-state index in [0.717, 1.165) is 12.2 Å². The number of halogens is 1. The standard InChI is InChI=1S/C11H17FN2O/c1-2-14(6-7-15)11-5-3-4-10(12)9(11)8-13/h3-5,15H,2,6-8,13H2,1H3. The number of rotatable bonds is 5. The van der Waals surface area contributed by atoms with Crippen LogP contribution in [0.25, 0.3) is 0 Å². The van der Waals surface area contributed by atoms with Gasteiger partial charge in [-0.1, -0.05) is 6.07 Å². The van der Waals surface area contributed by atoms with E-state index in [-0.39, 0.29) is 19.0 Å². The molecule has 0 saturated heterocycles. The van der Waals surface area contributed by atoms with E-state index >= 15 is 0 Å². The summed E-state index contributed by atoms with van der Waals surface area (Å²) < 4.78 is 13.4. The van der Waals surface area contributed by atoms with Crippen LogP contribution in [0.2, 0.25) is 0 Å². The van der Waals surface area contributed by atoms with Gasteiger partial charge in [0.25, 0.3) is 0 Å². The van der Waals surface area contributed by atoms with Crippen molar-refractivity contribution in [1.29, 1.82) is 0 Å². The second kappa shape index (κ2) is 5.68. The maximum absolute atomic E-state index is 13.4. The highest BCUT2D eigenvalue weighted by Gasteiger charge is 2.11. The topological polar surface area (TPSA) is 49.5 Å². The van der Waals surface area contributed by atoms with Gasteiger partial charge in [-0.05, 0) is 19.1 Å². The monoisotopic (exact) mass is 212 g/mol. The molecule has 4 heteroatoms. The van der Waals surface area contributed by atoms with Gasteiger partial charge in [0.2, 0.25) is 0 Å². The molecule has 0 heterocycles. The molecule has 0 aliphatic carbocycles. The Hall–Kier alpha value is -1.13. The van der Waals surface area contributed by atoms with Crippen LogP contribution in [0.1, 0.15) is 12.5 Å². The quantitative estimate of drug-likeness (QED) is 0.768. The first-order chi connectivity index (χ1) is 7.24. The maximum Gasteiger partial charge on any atom is 0.129 e. The van der Waals surface area contributed by atoms with Gasteiger partial charge in [-0.2, -0.15) is 0 Å². The third kappa shape index (κ3) is 2.67. The number of hydrogen-bond acceptors (Lipinski definition) is 3. The molecular formula is C11H17FN2O. The van der Waals surface area contributed by atoms with E-state index in [4.69, 9.17) is 10.8 Å². The fourth-order valence-electron chi connectivity index (χ4n) is 1.62. The molecule has 0 aliphatic rings. The summed E-state index contributed by atoms with van der Waals surface area (Å²) >= 11 is 0. The summed E-state index contributed by atoms with van der Waals surface area (Å²) in [6.45, 7) is 3.39. The summed E-state index contributed by atoms with van der Waals surface area (Å²) in [5.74, 6) is -0.286. The van der Waals surface area contributed by atoms with Gasteiger partial charge < -0.3 is 15.7 Å². The molecule has 0 atom stereocenters. The first kappa shape index (κ1) is 11.9. The van der Waals surface area contributed by atoms with Crippen LogP contribution in [0, 0.1) is 5.82 Å². The van der Waals surface area contributed by atoms with Crippen LogP contribution in [-0.2, 0) is 6.54 Å². The Balaban J connectivity index is 3.04. The fraction of sp³-hybridized carbons (Fsp3) is 0.455. The van der Waals surface area contributed by atoms with E-state index in [1.54, 1.807) is 6.07 Å². The van der Waals surface area contributed by atoms with Gasteiger partial charge in [0.1, 0.15) is 5.82 Å². The van der Waals surface area contributed by atoms with Crippen LogP contribution >= 0.6 is 0 Å². The van der Waals surface area contributed by atoms with Crippen LogP contribution in [0.4, 0.5) is 10.1 Å². The molecule has 0 aromatic heterocycles. The Morgan fingerprint density at radius 3 is 2.73 bits per heavy atom. The number of benzene rings is 1. The first-order valence-corrected chi connectivity index (χ1v) is 5.07. The molecule has 3 nitrogen and oxygen atoms in total. The van der Waals surface area contributed by atoms with Gasteiger partial charge in [0.05, 0.1) is 6.61 Å². The molecule has 1 rings (SSSR count). The van der Waals surface area contributed by atoms with Gasteiger partial charge in [-0.15, -0.1) is 0 Å². The molecule has 1 aromatic rings. The summed E-state index contributed by atoms with van der Waals surface area (Å²) in [6, 6.07) is 4.88. The average Bonchev–Trinajstić information content (AvgIpc) is 2.25. The Bertz CT molecular complexity index is 317. The second-order valence-electron chi connectivity index (χ2n) is 3.24. The summed E-state index contributed by atoms with van der Waals surface area (Å²) in [6.07, 6.45) is 0. The minimum Gasteiger partial charge on any atom is -0.395 e. The minimum absolute atomic E-state index is 0.0500. The Morgan fingerprint density at radius 2 is 2.20 bits per heavy atom. The van der Waals surface area contributed by atoms with Gasteiger partial charge >= 0.3 is 0 Å². The normalized spacial score (nSPS) is 10.4. The Labute approximate surface area is 89.3 Å². The number of aliphatic hydroxyl groups is 1. The molecule has 0 spiro atoms. The van der Waals surface area contributed by atoms with Crippen molar-refractivity contribution in [2.45, 2.75) is 13.5 Å². The largest absolute Gasteiger partial charge is 0.395 e. The van der Waals surface area contributed by atoms with Crippen LogP contribution in [-0.4, -0.2) is 24.8 Å². The van der Waals surface area contributed by atoms with E-state index in [9.17, 15) is 4.39 Å². The zero-order chi connectivity index (χ0) is 11.3. The summed E-state index contributed by atoms with van der Waals surface area (Å²) in [7, 11) is 0. The van der Waals surface area contributed by atoms with Crippen LogP contribution in [0.3, 0.4) is 0 Å². The van der Waals surface area contributed by atoms with E-state index in [1.807, 2.05) is 17.9 Å². The molecule has 84 valence electrons. The Morgan fingerprint density at radius 1 is 1.47 bits per heavy atom. The lowest BCUT2D eigenvalue weighted by Gasteiger charge is -2.24. The lowest BCUT2D eigenvalue weighted by molar-refractivity contribution is 0.302. The highest BCUT2D eigenvalue weighted by molar-refractivity contribution is 5.54. The molecule has 0 bridgehead atoms. The Kier molecular flexibility index (Phi) is 4.52. The van der Waals surface area contributed by atoms with E-state index in [1.165, 1.54) is 6.07 Å². The lowest BCUT2D eigenvalue weighted by atomic mass is 10.1. The fourth-order valence-corrected chi connectivity index (χ4v) is 1.62.